The summed E-state index contributed by atoms with van der Waals surface area (Å²) >= 11 is 1.61. The van der Waals surface area contributed by atoms with Gasteiger partial charge in [0.15, 0.2) is 5.13 Å². The van der Waals surface area contributed by atoms with Gasteiger partial charge in [-0.25, -0.2) is 4.98 Å². The Morgan fingerprint density at radius 3 is 2.73 bits per heavy atom. The highest BCUT2D eigenvalue weighted by molar-refractivity contribution is 7.15. The quantitative estimate of drug-likeness (QED) is 0.757. The lowest BCUT2D eigenvalue weighted by atomic mass is 10.1. The van der Waals surface area contributed by atoms with Crippen molar-refractivity contribution in [1.29, 1.82) is 0 Å². The minimum Gasteiger partial charge on any atom is -0.319 e. The minimum atomic E-state index is -0.0643. The highest BCUT2D eigenvalue weighted by Gasteiger charge is 2.22. The summed E-state index contributed by atoms with van der Waals surface area (Å²) < 4.78 is 0. The topological polar surface area (TPSA) is 57.3 Å². The van der Waals surface area contributed by atoms with Crippen LogP contribution in [0.25, 0.3) is 0 Å². The standard InChI is InChI=1S/C18H24N4OS.2ClH/c1-13(10-19-2)17(23)21-18-20-15-8-9-22(12-16(15)24-18)11-14-6-4-3-5-7-14;;/h3-7,13,19H,8-12H2,1-2H3,(H,20,21,23);2*1H. The Hall–Kier alpha value is -1.18. The number of carbonyl (C=O) groups excluding carboxylic acids is 1. The van der Waals surface area contributed by atoms with Crippen LogP contribution in [-0.4, -0.2) is 35.9 Å². The summed E-state index contributed by atoms with van der Waals surface area (Å²) in [5.74, 6) is -0.0397. The zero-order chi connectivity index (χ0) is 16.9. The van der Waals surface area contributed by atoms with Crippen molar-refractivity contribution in [3.63, 3.8) is 0 Å². The van der Waals surface area contributed by atoms with Gasteiger partial charge < -0.3 is 10.6 Å². The van der Waals surface area contributed by atoms with Crippen LogP contribution in [0.5, 0.6) is 0 Å². The summed E-state index contributed by atoms with van der Waals surface area (Å²) in [6.45, 7) is 5.46. The molecule has 0 bridgehead atoms. The highest BCUT2D eigenvalue weighted by atomic mass is 35.5. The molecule has 0 spiro atoms. The number of hydrogen-bond donors (Lipinski definition) is 2. The highest BCUT2D eigenvalue weighted by Crippen LogP contribution is 2.29. The van der Waals surface area contributed by atoms with E-state index >= 15 is 0 Å². The summed E-state index contributed by atoms with van der Waals surface area (Å²) in [4.78, 5) is 20.4. The number of anilines is 1. The van der Waals surface area contributed by atoms with Crippen molar-refractivity contribution in [1.82, 2.24) is 15.2 Å². The van der Waals surface area contributed by atoms with Gasteiger partial charge in [0.25, 0.3) is 0 Å². The summed E-state index contributed by atoms with van der Waals surface area (Å²) in [6, 6.07) is 10.5. The number of rotatable bonds is 6. The molecule has 1 aromatic carbocycles. The Morgan fingerprint density at radius 1 is 1.31 bits per heavy atom. The Kier molecular flexibility index (Phi) is 9.54. The SMILES string of the molecule is CNCC(C)C(=O)Nc1nc2c(s1)CN(Cc1ccccc1)CC2.Cl.Cl. The molecule has 2 N–H and O–H groups in total. The Morgan fingerprint density at radius 2 is 2.04 bits per heavy atom. The maximum Gasteiger partial charge on any atom is 0.230 e. The molecular formula is C18H26Cl2N4OS. The third-order valence-electron chi connectivity index (χ3n) is 4.25. The maximum absolute atomic E-state index is 12.1. The van der Waals surface area contributed by atoms with Gasteiger partial charge in [-0.2, -0.15) is 0 Å². The molecule has 1 atom stereocenters. The summed E-state index contributed by atoms with van der Waals surface area (Å²) in [6.07, 6.45) is 0.945. The van der Waals surface area contributed by atoms with Crippen molar-refractivity contribution in [3.8, 4) is 0 Å². The third-order valence-corrected chi connectivity index (χ3v) is 5.25. The van der Waals surface area contributed by atoms with Gasteiger partial charge in [0, 0.05) is 43.4 Å². The first-order valence-corrected chi connectivity index (χ1v) is 9.17. The van der Waals surface area contributed by atoms with Gasteiger partial charge in [0.2, 0.25) is 5.91 Å². The molecule has 1 aromatic heterocycles. The van der Waals surface area contributed by atoms with Gasteiger partial charge in [-0.3, -0.25) is 9.69 Å². The van der Waals surface area contributed by atoms with Crippen LogP contribution in [0.2, 0.25) is 0 Å². The first-order chi connectivity index (χ1) is 11.7. The van der Waals surface area contributed by atoms with Crippen molar-refractivity contribution in [2.75, 3.05) is 25.5 Å². The second-order valence-corrected chi connectivity index (χ2v) is 7.37. The van der Waals surface area contributed by atoms with E-state index in [9.17, 15) is 4.79 Å². The summed E-state index contributed by atoms with van der Waals surface area (Å²) in [7, 11) is 1.85. The molecule has 2 heterocycles. The molecule has 144 valence electrons. The average Bonchev–Trinajstić information content (AvgIpc) is 2.97. The third kappa shape index (κ3) is 5.93. The lowest BCUT2D eigenvalue weighted by Gasteiger charge is -2.25. The molecule has 1 aliphatic heterocycles. The minimum absolute atomic E-state index is 0. The molecule has 8 heteroatoms. The first-order valence-electron chi connectivity index (χ1n) is 8.36. The molecule has 0 aliphatic carbocycles. The smallest absolute Gasteiger partial charge is 0.230 e. The number of halogens is 2. The van der Waals surface area contributed by atoms with E-state index in [1.807, 2.05) is 20.0 Å². The number of carbonyl (C=O) groups is 1. The number of thiazole rings is 1. The van der Waals surface area contributed by atoms with Gasteiger partial charge >= 0.3 is 0 Å². The van der Waals surface area contributed by atoms with E-state index in [-0.39, 0.29) is 36.6 Å². The van der Waals surface area contributed by atoms with Crippen LogP contribution in [0.15, 0.2) is 30.3 Å². The zero-order valence-corrected chi connectivity index (χ0v) is 17.5. The second kappa shape index (κ2) is 10.8. The van der Waals surface area contributed by atoms with Crippen LogP contribution in [-0.2, 0) is 24.3 Å². The molecule has 0 saturated carbocycles. The van der Waals surface area contributed by atoms with Crippen LogP contribution in [0.1, 0.15) is 23.1 Å². The van der Waals surface area contributed by atoms with Gasteiger partial charge in [-0.05, 0) is 12.6 Å². The molecule has 0 saturated heterocycles. The first kappa shape index (κ1) is 22.9. The summed E-state index contributed by atoms with van der Waals surface area (Å²) in [5.41, 5.74) is 2.47. The normalized spacial score (nSPS) is 14.5. The molecule has 1 unspecified atom stereocenters. The van der Waals surface area contributed by atoms with E-state index < -0.39 is 0 Å². The van der Waals surface area contributed by atoms with Crippen molar-refractivity contribution < 1.29 is 4.79 Å². The monoisotopic (exact) mass is 416 g/mol. The molecule has 5 nitrogen and oxygen atoms in total. The van der Waals surface area contributed by atoms with Crippen LogP contribution < -0.4 is 10.6 Å². The number of fused-ring (bicyclic) bond motifs is 1. The number of amides is 1. The molecule has 26 heavy (non-hydrogen) atoms. The number of benzene rings is 1. The van der Waals surface area contributed by atoms with Gasteiger partial charge in [0.1, 0.15) is 0 Å². The van der Waals surface area contributed by atoms with Crippen LogP contribution in [0.3, 0.4) is 0 Å². The predicted octanol–water partition coefficient (Wildman–Crippen LogP) is 3.34. The molecule has 3 rings (SSSR count). The van der Waals surface area contributed by atoms with Crippen LogP contribution in [0.4, 0.5) is 5.13 Å². The number of nitrogens with zero attached hydrogens (tertiary/aromatic N) is 2. The largest absolute Gasteiger partial charge is 0.319 e. The lowest BCUT2D eigenvalue weighted by Crippen LogP contribution is -2.29. The van der Waals surface area contributed by atoms with E-state index in [1.54, 1.807) is 11.3 Å². The van der Waals surface area contributed by atoms with E-state index in [0.717, 1.165) is 36.9 Å². The molecule has 1 aliphatic rings. The fourth-order valence-corrected chi connectivity index (χ4v) is 3.96. The number of aromatic nitrogens is 1. The predicted molar refractivity (Wildman–Crippen MR) is 113 cm³/mol. The van der Waals surface area contributed by atoms with Gasteiger partial charge in [-0.1, -0.05) is 37.3 Å². The Bertz CT molecular complexity index is 696. The number of hydrogen-bond acceptors (Lipinski definition) is 5. The van der Waals surface area contributed by atoms with Crippen molar-refractivity contribution in [3.05, 3.63) is 46.5 Å². The Labute approximate surface area is 171 Å². The molecule has 0 radical (unpaired) electrons. The molecule has 1 amide bonds. The maximum atomic E-state index is 12.1. The van der Waals surface area contributed by atoms with Crippen molar-refractivity contribution >= 4 is 47.2 Å². The van der Waals surface area contributed by atoms with E-state index in [2.05, 4.69) is 44.8 Å². The second-order valence-electron chi connectivity index (χ2n) is 6.28. The van der Waals surface area contributed by atoms with E-state index in [4.69, 9.17) is 0 Å². The number of nitrogens with one attached hydrogen (secondary N) is 2. The molecular weight excluding hydrogens is 391 g/mol. The summed E-state index contributed by atoms with van der Waals surface area (Å²) in [5, 5.41) is 6.72. The van der Waals surface area contributed by atoms with Gasteiger partial charge in [-0.15, -0.1) is 36.2 Å². The fraction of sp³-hybridized carbons (Fsp3) is 0.444. The van der Waals surface area contributed by atoms with Crippen molar-refractivity contribution in [2.45, 2.75) is 26.4 Å². The Balaban J connectivity index is 0.00000169. The lowest BCUT2D eigenvalue weighted by molar-refractivity contribution is -0.119. The average molecular weight is 417 g/mol. The van der Waals surface area contributed by atoms with Gasteiger partial charge in [0.05, 0.1) is 5.69 Å². The van der Waals surface area contributed by atoms with E-state index in [0.29, 0.717) is 6.54 Å². The molecule has 2 aromatic rings. The van der Waals surface area contributed by atoms with Crippen LogP contribution in [0, 0.1) is 5.92 Å². The van der Waals surface area contributed by atoms with Crippen molar-refractivity contribution in [2.24, 2.45) is 5.92 Å². The van der Waals surface area contributed by atoms with Crippen LogP contribution >= 0.6 is 36.2 Å². The fourth-order valence-electron chi connectivity index (χ4n) is 2.91. The molecule has 0 fully saturated rings. The zero-order valence-electron chi connectivity index (χ0n) is 15.0. The van der Waals surface area contributed by atoms with E-state index in [1.165, 1.54) is 10.4 Å².